The lowest BCUT2D eigenvalue weighted by Gasteiger charge is -2.18. The average Bonchev–Trinajstić information content (AvgIpc) is 2.40. The molecule has 3 nitrogen and oxygen atoms in total. The van der Waals surface area contributed by atoms with Crippen LogP contribution in [0.25, 0.3) is 0 Å². The molecule has 0 saturated carbocycles. The number of hydrogen-bond acceptors (Lipinski definition) is 3. The number of phenolic OH excluding ortho intramolecular Hbond substituents is 1. The molecule has 0 aliphatic rings. The zero-order valence-corrected chi connectivity index (χ0v) is 10.2. The van der Waals surface area contributed by atoms with Gasteiger partial charge in [-0.25, -0.2) is 0 Å². The smallest absolute Gasteiger partial charge is 0.182 e. The molecule has 0 bridgehead atoms. The second-order valence-electron chi connectivity index (χ2n) is 4.16. The Balaban J connectivity index is 2.06. The predicted molar refractivity (Wildman–Crippen MR) is 72.1 cm³/mol. The van der Waals surface area contributed by atoms with E-state index in [9.17, 15) is 9.90 Å². The van der Waals surface area contributed by atoms with E-state index in [0.717, 1.165) is 5.69 Å². The minimum atomic E-state index is 0.0290. The summed E-state index contributed by atoms with van der Waals surface area (Å²) in [6, 6.07) is 16.1. The van der Waals surface area contributed by atoms with Crippen LogP contribution in [0.2, 0.25) is 0 Å². The first kappa shape index (κ1) is 12.2. The van der Waals surface area contributed by atoms with Gasteiger partial charge in [0.05, 0.1) is 6.54 Å². The number of phenols is 1. The molecular formula is C15H15NO2. The Kier molecular flexibility index (Phi) is 3.63. The van der Waals surface area contributed by atoms with Crippen LogP contribution in [0, 0.1) is 0 Å². The Hall–Kier alpha value is -2.29. The molecule has 0 unspecified atom stereocenters. The molecule has 0 aliphatic carbocycles. The molecule has 3 heteroatoms. The SMILES string of the molecule is CN(CC(=O)c1ccc(O)cc1)c1ccccc1. The van der Waals surface area contributed by atoms with Crippen LogP contribution < -0.4 is 4.90 Å². The van der Waals surface area contributed by atoms with Gasteiger partial charge in [0.1, 0.15) is 5.75 Å². The third kappa shape index (κ3) is 2.88. The van der Waals surface area contributed by atoms with Crippen molar-refractivity contribution in [1.29, 1.82) is 0 Å². The van der Waals surface area contributed by atoms with Crippen LogP contribution in [-0.4, -0.2) is 24.5 Å². The van der Waals surface area contributed by atoms with Gasteiger partial charge in [-0.1, -0.05) is 18.2 Å². The minimum Gasteiger partial charge on any atom is -0.508 e. The first-order valence-electron chi connectivity index (χ1n) is 5.75. The minimum absolute atomic E-state index is 0.0290. The Morgan fingerprint density at radius 2 is 1.67 bits per heavy atom. The van der Waals surface area contributed by atoms with Gasteiger partial charge < -0.3 is 10.0 Å². The van der Waals surface area contributed by atoms with Crippen molar-refractivity contribution in [2.75, 3.05) is 18.5 Å². The number of nitrogens with zero attached hydrogens (tertiary/aromatic N) is 1. The van der Waals surface area contributed by atoms with Crippen LogP contribution >= 0.6 is 0 Å². The van der Waals surface area contributed by atoms with Crippen LogP contribution in [0.5, 0.6) is 5.75 Å². The van der Waals surface area contributed by atoms with E-state index in [1.54, 1.807) is 12.1 Å². The van der Waals surface area contributed by atoms with Crippen molar-refractivity contribution in [3.8, 4) is 5.75 Å². The van der Waals surface area contributed by atoms with Gasteiger partial charge in [0.2, 0.25) is 0 Å². The summed E-state index contributed by atoms with van der Waals surface area (Å²) < 4.78 is 0. The van der Waals surface area contributed by atoms with Gasteiger partial charge in [-0.15, -0.1) is 0 Å². The Morgan fingerprint density at radius 3 is 2.28 bits per heavy atom. The molecule has 18 heavy (non-hydrogen) atoms. The van der Waals surface area contributed by atoms with E-state index in [2.05, 4.69) is 0 Å². The van der Waals surface area contributed by atoms with E-state index in [1.807, 2.05) is 42.3 Å². The highest BCUT2D eigenvalue weighted by Crippen LogP contribution is 2.14. The van der Waals surface area contributed by atoms with Gasteiger partial charge in [0.25, 0.3) is 0 Å². The first-order valence-corrected chi connectivity index (χ1v) is 5.75. The molecule has 0 fully saturated rings. The molecule has 0 atom stereocenters. The number of rotatable bonds is 4. The summed E-state index contributed by atoms with van der Waals surface area (Å²) in [5.41, 5.74) is 1.61. The fourth-order valence-corrected chi connectivity index (χ4v) is 1.73. The van der Waals surface area contributed by atoms with E-state index in [1.165, 1.54) is 12.1 Å². The van der Waals surface area contributed by atoms with Crippen LogP contribution in [-0.2, 0) is 0 Å². The number of ketones is 1. The molecule has 2 aromatic rings. The van der Waals surface area contributed by atoms with E-state index < -0.39 is 0 Å². The fourth-order valence-electron chi connectivity index (χ4n) is 1.73. The van der Waals surface area contributed by atoms with Gasteiger partial charge in [0.15, 0.2) is 5.78 Å². The number of para-hydroxylation sites is 1. The van der Waals surface area contributed by atoms with Crippen molar-refractivity contribution in [2.24, 2.45) is 0 Å². The third-order valence-corrected chi connectivity index (χ3v) is 2.77. The van der Waals surface area contributed by atoms with Crippen LogP contribution in [0.15, 0.2) is 54.6 Å². The van der Waals surface area contributed by atoms with Crippen molar-refractivity contribution in [3.05, 3.63) is 60.2 Å². The summed E-state index contributed by atoms with van der Waals surface area (Å²) in [6.07, 6.45) is 0. The molecule has 0 spiro atoms. The molecule has 0 saturated heterocycles. The number of hydrogen-bond donors (Lipinski definition) is 1. The molecule has 0 amide bonds. The predicted octanol–water partition coefficient (Wildman–Crippen LogP) is 2.71. The van der Waals surface area contributed by atoms with Crippen LogP contribution in [0.4, 0.5) is 5.69 Å². The first-order chi connectivity index (χ1) is 8.66. The Morgan fingerprint density at radius 1 is 1.06 bits per heavy atom. The fraction of sp³-hybridized carbons (Fsp3) is 0.133. The van der Waals surface area contributed by atoms with Crippen LogP contribution in [0.3, 0.4) is 0 Å². The molecule has 92 valence electrons. The van der Waals surface area contributed by atoms with Gasteiger partial charge in [-0.05, 0) is 36.4 Å². The lowest BCUT2D eigenvalue weighted by molar-refractivity contribution is 0.100. The molecule has 2 aromatic carbocycles. The zero-order valence-electron chi connectivity index (χ0n) is 10.2. The quantitative estimate of drug-likeness (QED) is 0.837. The average molecular weight is 241 g/mol. The second kappa shape index (κ2) is 5.36. The summed E-state index contributed by atoms with van der Waals surface area (Å²) >= 11 is 0. The van der Waals surface area contributed by atoms with Gasteiger partial charge in [-0.2, -0.15) is 0 Å². The maximum absolute atomic E-state index is 12.0. The molecule has 0 aliphatic heterocycles. The summed E-state index contributed by atoms with van der Waals surface area (Å²) in [7, 11) is 1.88. The highest BCUT2D eigenvalue weighted by atomic mass is 16.3. The summed E-state index contributed by atoms with van der Waals surface area (Å²) in [4.78, 5) is 13.9. The zero-order chi connectivity index (χ0) is 13.0. The number of Topliss-reactive ketones (excluding diaryl/α,β-unsaturated/α-hetero) is 1. The molecule has 0 heterocycles. The number of likely N-dealkylation sites (N-methyl/N-ethyl adjacent to an activating group) is 1. The monoisotopic (exact) mass is 241 g/mol. The second-order valence-corrected chi connectivity index (χ2v) is 4.16. The van der Waals surface area contributed by atoms with Crippen molar-refractivity contribution in [1.82, 2.24) is 0 Å². The number of benzene rings is 2. The number of carbonyl (C=O) groups excluding carboxylic acids is 1. The van der Waals surface area contributed by atoms with Gasteiger partial charge >= 0.3 is 0 Å². The van der Waals surface area contributed by atoms with Crippen molar-refractivity contribution in [3.63, 3.8) is 0 Å². The summed E-state index contributed by atoms with van der Waals surface area (Å²) in [6.45, 7) is 0.314. The van der Waals surface area contributed by atoms with E-state index in [0.29, 0.717) is 12.1 Å². The van der Waals surface area contributed by atoms with Gasteiger partial charge in [-0.3, -0.25) is 4.79 Å². The largest absolute Gasteiger partial charge is 0.508 e. The lowest BCUT2D eigenvalue weighted by Crippen LogP contribution is -2.25. The highest BCUT2D eigenvalue weighted by Gasteiger charge is 2.09. The van der Waals surface area contributed by atoms with E-state index >= 15 is 0 Å². The molecule has 2 rings (SSSR count). The van der Waals surface area contributed by atoms with Gasteiger partial charge in [0, 0.05) is 18.3 Å². The van der Waals surface area contributed by atoms with Crippen molar-refractivity contribution < 1.29 is 9.90 Å². The number of carbonyl (C=O) groups is 1. The standard InChI is InChI=1S/C15H15NO2/c1-16(13-5-3-2-4-6-13)11-15(18)12-7-9-14(17)10-8-12/h2-10,17H,11H2,1H3. The number of anilines is 1. The molecule has 0 radical (unpaired) electrons. The van der Waals surface area contributed by atoms with Crippen molar-refractivity contribution >= 4 is 11.5 Å². The topological polar surface area (TPSA) is 40.5 Å². The Bertz CT molecular complexity index is 520. The van der Waals surface area contributed by atoms with E-state index in [4.69, 9.17) is 0 Å². The molecular weight excluding hydrogens is 226 g/mol. The van der Waals surface area contributed by atoms with Crippen molar-refractivity contribution in [2.45, 2.75) is 0 Å². The van der Waals surface area contributed by atoms with Crippen LogP contribution in [0.1, 0.15) is 10.4 Å². The molecule has 1 N–H and O–H groups in total. The normalized spacial score (nSPS) is 10.1. The third-order valence-electron chi connectivity index (χ3n) is 2.77. The summed E-state index contributed by atoms with van der Waals surface area (Å²) in [5.74, 6) is 0.198. The summed E-state index contributed by atoms with van der Waals surface area (Å²) in [5, 5.41) is 9.18. The maximum atomic E-state index is 12.0. The highest BCUT2D eigenvalue weighted by molar-refractivity contribution is 5.99. The number of aromatic hydroxyl groups is 1. The maximum Gasteiger partial charge on any atom is 0.182 e. The lowest BCUT2D eigenvalue weighted by atomic mass is 10.1. The molecule has 0 aromatic heterocycles. The van der Waals surface area contributed by atoms with E-state index in [-0.39, 0.29) is 11.5 Å². The Labute approximate surface area is 106 Å².